The fourth-order valence-corrected chi connectivity index (χ4v) is 4.49. The highest BCUT2D eigenvalue weighted by Crippen LogP contribution is 2.27. The number of amides is 2. The summed E-state index contributed by atoms with van der Waals surface area (Å²) in [6, 6.07) is 12.2. The van der Waals surface area contributed by atoms with Crippen LogP contribution in [-0.2, 0) is 4.74 Å². The fraction of sp³-hybridized carbons (Fsp3) is 0.500. The number of anilines is 1. The lowest BCUT2D eigenvalue weighted by atomic mass is 10.0. The van der Waals surface area contributed by atoms with Crippen LogP contribution >= 0.6 is 0 Å². The molecule has 1 N–H and O–H groups in total. The Morgan fingerprint density at radius 1 is 1.14 bits per heavy atom. The molecule has 0 saturated carbocycles. The maximum Gasteiger partial charge on any atom is 0.257 e. The average molecular weight is 498 g/mol. The maximum absolute atomic E-state index is 13.4. The third-order valence-corrected chi connectivity index (χ3v) is 6.68. The Labute approximate surface area is 214 Å². The molecule has 0 aromatic heterocycles. The van der Waals surface area contributed by atoms with E-state index in [2.05, 4.69) is 31.0 Å². The number of ether oxygens (including phenoxy) is 3. The molecule has 0 unspecified atom stereocenters. The van der Waals surface area contributed by atoms with Crippen molar-refractivity contribution in [1.29, 1.82) is 0 Å². The van der Waals surface area contributed by atoms with Crippen LogP contribution in [-0.4, -0.2) is 81.3 Å². The number of rotatable bonds is 6. The molecule has 8 nitrogen and oxygen atoms in total. The summed E-state index contributed by atoms with van der Waals surface area (Å²) in [5.74, 6) is 0.869. The van der Waals surface area contributed by atoms with Crippen LogP contribution in [0.25, 0.3) is 0 Å². The van der Waals surface area contributed by atoms with E-state index in [1.165, 1.54) is 0 Å². The number of carbonyl (C=O) groups is 2. The summed E-state index contributed by atoms with van der Waals surface area (Å²) in [5.41, 5.74) is 1.47. The van der Waals surface area contributed by atoms with Gasteiger partial charge in [-0.25, -0.2) is 0 Å². The third kappa shape index (κ3) is 6.77. The minimum absolute atomic E-state index is 0.0873. The van der Waals surface area contributed by atoms with E-state index in [4.69, 9.17) is 14.2 Å². The molecule has 0 saturated heterocycles. The van der Waals surface area contributed by atoms with E-state index in [1.807, 2.05) is 0 Å². The first-order valence-electron chi connectivity index (χ1n) is 12.5. The Balaban J connectivity index is 1.91. The normalized spacial score (nSPS) is 21.6. The molecule has 3 atom stereocenters. The van der Waals surface area contributed by atoms with Crippen LogP contribution in [0.2, 0.25) is 0 Å². The summed E-state index contributed by atoms with van der Waals surface area (Å²) in [4.78, 5) is 30.3. The molecule has 2 aromatic rings. The van der Waals surface area contributed by atoms with Gasteiger partial charge in [-0.3, -0.25) is 14.5 Å². The minimum Gasteiger partial charge on any atom is -0.497 e. The highest BCUT2D eigenvalue weighted by molar-refractivity contribution is 6.05. The SMILES string of the molecule is CCCN1C[C@@H](C)[C@H](OC)CN(C)C(=O)c2ccc(NC(=O)c3cccc(OC)c3)cc2OC[C@H]1C. The van der Waals surface area contributed by atoms with Crippen LogP contribution < -0.4 is 14.8 Å². The van der Waals surface area contributed by atoms with Crippen LogP contribution in [0.3, 0.4) is 0 Å². The van der Waals surface area contributed by atoms with E-state index >= 15 is 0 Å². The second-order valence-corrected chi connectivity index (χ2v) is 9.49. The number of carbonyl (C=O) groups excluding carboxylic acids is 2. The van der Waals surface area contributed by atoms with Gasteiger partial charge >= 0.3 is 0 Å². The van der Waals surface area contributed by atoms with Gasteiger partial charge in [0.25, 0.3) is 11.8 Å². The van der Waals surface area contributed by atoms with Crippen molar-refractivity contribution in [1.82, 2.24) is 9.80 Å². The van der Waals surface area contributed by atoms with E-state index in [0.717, 1.165) is 19.5 Å². The molecule has 1 heterocycles. The zero-order chi connectivity index (χ0) is 26.2. The van der Waals surface area contributed by atoms with Gasteiger partial charge in [-0.1, -0.05) is 19.9 Å². The van der Waals surface area contributed by atoms with Crippen molar-refractivity contribution in [2.75, 3.05) is 52.8 Å². The zero-order valence-electron chi connectivity index (χ0n) is 22.2. The van der Waals surface area contributed by atoms with Crippen molar-refractivity contribution < 1.29 is 23.8 Å². The molecular formula is C28H39N3O5. The van der Waals surface area contributed by atoms with Crippen molar-refractivity contribution in [2.24, 2.45) is 5.92 Å². The van der Waals surface area contributed by atoms with Crippen molar-refractivity contribution in [2.45, 2.75) is 39.3 Å². The summed E-state index contributed by atoms with van der Waals surface area (Å²) in [7, 11) is 5.04. The number of benzene rings is 2. The fourth-order valence-electron chi connectivity index (χ4n) is 4.49. The predicted octanol–water partition coefficient (Wildman–Crippen LogP) is 4.16. The Hall–Kier alpha value is -3.10. The van der Waals surface area contributed by atoms with Gasteiger partial charge in [0.15, 0.2) is 0 Å². The van der Waals surface area contributed by atoms with E-state index in [9.17, 15) is 9.59 Å². The number of methoxy groups -OCH3 is 2. The molecule has 8 heteroatoms. The lowest BCUT2D eigenvalue weighted by molar-refractivity contribution is 0.0108. The Bertz CT molecular complexity index is 1040. The number of hydrogen-bond acceptors (Lipinski definition) is 6. The van der Waals surface area contributed by atoms with Gasteiger partial charge in [-0.2, -0.15) is 0 Å². The van der Waals surface area contributed by atoms with Gasteiger partial charge < -0.3 is 24.4 Å². The molecule has 1 aliphatic rings. The molecular weight excluding hydrogens is 458 g/mol. The van der Waals surface area contributed by atoms with Crippen molar-refractivity contribution in [3.63, 3.8) is 0 Å². The topological polar surface area (TPSA) is 80.3 Å². The van der Waals surface area contributed by atoms with Crippen molar-refractivity contribution >= 4 is 17.5 Å². The second kappa shape index (κ2) is 12.7. The number of nitrogens with zero attached hydrogens (tertiary/aromatic N) is 2. The molecule has 36 heavy (non-hydrogen) atoms. The maximum atomic E-state index is 13.4. The van der Waals surface area contributed by atoms with Crippen LogP contribution in [0, 0.1) is 5.92 Å². The number of fused-ring (bicyclic) bond motifs is 1. The Morgan fingerprint density at radius 3 is 2.61 bits per heavy atom. The Kier molecular flexibility index (Phi) is 9.73. The van der Waals surface area contributed by atoms with Crippen molar-refractivity contribution in [3.8, 4) is 11.5 Å². The summed E-state index contributed by atoms with van der Waals surface area (Å²) in [6.45, 7) is 9.16. The van der Waals surface area contributed by atoms with Crippen LogP contribution in [0.4, 0.5) is 5.69 Å². The molecule has 3 rings (SSSR count). The summed E-state index contributed by atoms with van der Waals surface area (Å²) in [5, 5.41) is 2.90. The van der Waals surface area contributed by atoms with Crippen LogP contribution in [0.5, 0.6) is 11.5 Å². The smallest absolute Gasteiger partial charge is 0.257 e. The van der Waals surface area contributed by atoms with Gasteiger partial charge in [0.1, 0.15) is 18.1 Å². The predicted molar refractivity (Wildman–Crippen MR) is 141 cm³/mol. The third-order valence-electron chi connectivity index (χ3n) is 6.68. The summed E-state index contributed by atoms with van der Waals surface area (Å²) in [6.07, 6.45) is 0.945. The molecule has 0 fully saturated rings. The van der Waals surface area contributed by atoms with E-state index in [-0.39, 0.29) is 29.9 Å². The quantitative estimate of drug-likeness (QED) is 0.646. The van der Waals surface area contributed by atoms with Crippen molar-refractivity contribution in [3.05, 3.63) is 53.6 Å². The first kappa shape index (κ1) is 27.5. The highest BCUT2D eigenvalue weighted by atomic mass is 16.5. The lowest BCUT2D eigenvalue weighted by Gasteiger charge is -2.35. The molecule has 2 amide bonds. The molecule has 0 radical (unpaired) electrons. The molecule has 0 aliphatic carbocycles. The van der Waals surface area contributed by atoms with Gasteiger partial charge in [0.2, 0.25) is 0 Å². The molecule has 196 valence electrons. The largest absolute Gasteiger partial charge is 0.497 e. The van der Waals surface area contributed by atoms with Gasteiger partial charge in [-0.15, -0.1) is 0 Å². The van der Waals surface area contributed by atoms with Gasteiger partial charge in [0.05, 0.1) is 18.8 Å². The van der Waals surface area contributed by atoms with E-state index in [1.54, 1.807) is 68.6 Å². The first-order valence-corrected chi connectivity index (χ1v) is 12.5. The number of nitrogens with one attached hydrogen (secondary N) is 1. The summed E-state index contributed by atoms with van der Waals surface area (Å²) < 4.78 is 17.2. The highest BCUT2D eigenvalue weighted by Gasteiger charge is 2.28. The summed E-state index contributed by atoms with van der Waals surface area (Å²) >= 11 is 0. The van der Waals surface area contributed by atoms with Gasteiger partial charge in [0, 0.05) is 50.6 Å². The van der Waals surface area contributed by atoms with Crippen LogP contribution in [0.15, 0.2) is 42.5 Å². The monoisotopic (exact) mass is 497 g/mol. The standard InChI is InChI=1S/C28H39N3O5/c1-7-13-31-16-19(2)26(35-6)17-30(4)28(33)24-12-11-22(15-25(24)36-18-20(31)3)29-27(32)21-9-8-10-23(14-21)34-5/h8-12,14-15,19-20,26H,7,13,16-18H2,1-6H3,(H,29,32)/t19-,20-,26-/m1/s1. The Morgan fingerprint density at radius 2 is 1.92 bits per heavy atom. The van der Waals surface area contributed by atoms with E-state index in [0.29, 0.717) is 41.5 Å². The average Bonchev–Trinajstić information content (AvgIpc) is 2.89. The number of hydrogen-bond donors (Lipinski definition) is 1. The molecule has 0 spiro atoms. The number of likely N-dealkylation sites (N-methyl/N-ethyl adjacent to an activating group) is 1. The minimum atomic E-state index is -0.273. The van der Waals surface area contributed by atoms with Crippen LogP contribution in [0.1, 0.15) is 47.9 Å². The first-order chi connectivity index (χ1) is 17.3. The zero-order valence-corrected chi connectivity index (χ0v) is 22.2. The molecule has 1 aliphatic heterocycles. The molecule has 0 bridgehead atoms. The lowest BCUT2D eigenvalue weighted by Crippen LogP contribution is -2.46. The van der Waals surface area contributed by atoms with Gasteiger partial charge in [-0.05, 0) is 56.1 Å². The molecule has 2 aromatic carbocycles. The van der Waals surface area contributed by atoms with E-state index < -0.39 is 0 Å². The second-order valence-electron chi connectivity index (χ2n) is 9.49.